The minimum absolute atomic E-state index is 0.185. The van der Waals surface area contributed by atoms with Crippen molar-refractivity contribution in [2.45, 2.75) is 31.3 Å². The first-order chi connectivity index (χ1) is 16.9. The van der Waals surface area contributed by atoms with Crippen molar-refractivity contribution in [3.63, 3.8) is 0 Å². The van der Waals surface area contributed by atoms with E-state index in [4.69, 9.17) is 18.9 Å². The summed E-state index contributed by atoms with van der Waals surface area (Å²) >= 11 is 0. The molecule has 8 heteroatoms. The van der Waals surface area contributed by atoms with Gasteiger partial charge < -0.3 is 18.9 Å². The average molecular weight is 474 g/mol. The van der Waals surface area contributed by atoms with Gasteiger partial charge in [-0.25, -0.2) is 19.2 Å². The second-order valence-corrected chi connectivity index (χ2v) is 7.81. The number of cyclic esters (lactones) is 1. The molecule has 3 aromatic carbocycles. The van der Waals surface area contributed by atoms with Crippen molar-refractivity contribution < 1.29 is 38.1 Å². The monoisotopic (exact) mass is 474 g/mol. The normalized spacial score (nSPS) is 21.3. The maximum atomic E-state index is 12.9. The number of hydrogen-bond acceptors (Lipinski definition) is 8. The van der Waals surface area contributed by atoms with Crippen molar-refractivity contribution in [1.82, 2.24) is 0 Å². The number of hydrogen-bond donors (Lipinski definition) is 0. The Morgan fingerprint density at radius 1 is 0.600 bits per heavy atom. The van der Waals surface area contributed by atoms with Crippen LogP contribution in [0, 0.1) is 0 Å². The Bertz CT molecular complexity index is 1190. The molecular formula is C27H22O8. The van der Waals surface area contributed by atoms with Crippen LogP contribution in [0.2, 0.25) is 0 Å². The van der Waals surface area contributed by atoms with E-state index in [9.17, 15) is 19.2 Å². The Morgan fingerprint density at radius 2 is 0.971 bits per heavy atom. The fraction of sp³-hybridized carbons (Fsp3) is 0.185. The van der Waals surface area contributed by atoms with Crippen molar-refractivity contribution >= 4 is 23.9 Å². The van der Waals surface area contributed by atoms with Gasteiger partial charge in [-0.3, -0.25) is 0 Å². The molecule has 1 aliphatic heterocycles. The second kappa shape index (κ2) is 10.6. The maximum absolute atomic E-state index is 12.9. The van der Waals surface area contributed by atoms with E-state index >= 15 is 0 Å². The van der Waals surface area contributed by atoms with E-state index in [-0.39, 0.29) is 16.7 Å². The molecule has 178 valence electrons. The Hall–Kier alpha value is -4.46. The smallest absolute Gasteiger partial charge is 0.352 e. The molecule has 4 atom stereocenters. The Balaban J connectivity index is 1.64. The summed E-state index contributed by atoms with van der Waals surface area (Å²) in [5.41, 5.74) is 0.646. The van der Waals surface area contributed by atoms with Crippen LogP contribution in [-0.4, -0.2) is 48.3 Å². The third-order valence-corrected chi connectivity index (χ3v) is 5.37. The first-order valence-electron chi connectivity index (χ1n) is 10.9. The molecule has 1 heterocycles. The number of rotatable bonds is 6. The van der Waals surface area contributed by atoms with Gasteiger partial charge >= 0.3 is 23.9 Å². The highest BCUT2D eigenvalue weighted by Crippen LogP contribution is 2.27. The molecule has 1 fully saturated rings. The summed E-state index contributed by atoms with van der Waals surface area (Å²) in [4.78, 5) is 51.1. The molecule has 0 amide bonds. The van der Waals surface area contributed by atoms with Crippen LogP contribution in [0.4, 0.5) is 0 Å². The first-order valence-corrected chi connectivity index (χ1v) is 10.9. The highest BCUT2D eigenvalue weighted by atomic mass is 16.7. The molecule has 0 N–H and O–H groups in total. The van der Waals surface area contributed by atoms with Gasteiger partial charge in [0.2, 0.25) is 6.10 Å². The zero-order valence-electron chi connectivity index (χ0n) is 18.7. The predicted octanol–water partition coefficient (Wildman–Crippen LogP) is 3.61. The highest BCUT2D eigenvalue weighted by molar-refractivity contribution is 5.93. The zero-order valence-corrected chi connectivity index (χ0v) is 18.7. The summed E-state index contributed by atoms with van der Waals surface area (Å²) in [5, 5.41) is 0. The lowest BCUT2D eigenvalue weighted by atomic mass is 9.99. The molecular weight excluding hydrogens is 452 g/mol. The van der Waals surface area contributed by atoms with Crippen LogP contribution >= 0.6 is 0 Å². The lowest BCUT2D eigenvalue weighted by Gasteiger charge is -2.38. The highest BCUT2D eigenvalue weighted by Gasteiger charge is 2.51. The Morgan fingerprint density at radius 3 is 1.40 bits per heavy atom. The van der Waals surface area contributed by atoms with E-state index in [1.165, 1.54) is 31.2 Å². The van der Waals surface area contributed by atoms with Crippen molar-refractivity contribution in [2.75, 3.05) is 0 Å². The minimum Gasteiger partial charge on any atom is -0.456 e. The van der Waals surface area contributed by atoms with Crippen LogP contribution in [0.5, 0.6) is 0 Å². The molecule has 0 aliphatic carbocycles. The molecule has 3 unspecified atom stereocenters. The molecule has 0 spiro atoms. The fourth-order valence-corrected chi connectivity index (χ4v) is 3.59. The van der Waals surface area contributed by atoms with Gasteiger partial charge in [0.15, 0.2) is 12.2 Å². The Kier molecular flexibility index (Phi) is 7.21. The summed E-state index contributed by atoms with van der Waals surface area (Å²) in [6.07, 6.45) is -5.31. The molecule has 1 saturated heterocycles. The summed E-state index contributed by atoms with van der Waals surface area (Å²) < 4.78 is 22.0. The SMILES string of the molecule is CC1OC(=O)[C@@H](OC(=O)c2ccccc2)C(OC(=O)c2ccccc2)C1OC(=O)c1ccccc1. The van der Waals surface area contributed by atoms with Gasteiger partial charge in [0.05, 0.1) is 16.7 Å². The van der Waals surface area contributed by atoms with E-state index in [1.54, 1.807) is 66.7 Å². The predicted molar refractivity (Wildman–Crippen MR) is 122 cm³/mol. The topological polar surface area (TPSA) is 105 Å². The van der Waals surface area contributed by atoms with E-state index in [1.807, 2.05) is 0 Å². The number of benzene rings is 3. The molecule has 0 bridgehead atoms. The Labute approximate surface area is 201 Å². The van der Waals surface area contributed by atoms with Crippen LogP contribution in [0.1, 0.15) is 38.0 Å². The zero-order chi connectivity index (χ0) is 24.8. The molecule has 0 saturated carbocycles. The third kappa shape index (κ3) is 5.55. The van der Waals surface area contributed by atoms with Gasteiger partial charge in [0, 0.05) is 0 Å². The van der Waals surface area contributed by atoms with Gasteiger partial charge in [-0.15, -0.1) is 0 Å². The van der Waals surface area contributed by atoms with Crippen LogP contribution in [-0.2, 0) is 23.7 Å². The summed E-state index contributed by atoms with van der Waals surface area (Å²) in [7, 11) is 0. The lowest BCUT2D eigenvalue weighted by molar-refractivity contribution is -0.200. The van der Waals surface area contributed by atoms with Crippen LogP contribution < -0.4 is 0 Å². The van der Waals surface area contributed by atoms with Gasteiger partial charge in [-0.05, 0) is 43.3 Å². The molecule has 0 aromatic heterocycles. The summed E-state index contributed by atoms with van der Waals surface area (Å²) in [6.45, 7) is 1.50. The van der Waals surface area contributed by atoms with Crippen molar-refractivity contribution in [3.05, 3.63) is 108 Å². The molecule has 4 rings (SSSR count). The van der Waals surface area contributed by atoms with E-state index in [0.29, 0.717) is 0 Å². The number of esters is 4. The van der Waals surface area contributed by atoms with Crippen molar-refractivity contribution in [3.8, 4) is 0 Å². The van der Waals surface area contributed by atoms with Crippen molar-refractivity contribution in [1.29, 1.82) is 0 Å². The molecule has 1 aliphatic rings. The van der Waals surface area contributed by atoms with Gasteiger partial charge in [0.1, 0.15) is 6.10 Å². The summed E-state index contributed by atoms with van der Waals surface area (Å²) in [5.74, 6) is -3.23. The van der Waals surface area contributed by atoms with Crippen molar-refractivity contribution in [2.24, 2.45) is 0 Å². The molecule has 35 heavy (non-hydrogen) atoms. The second-order valence-electron chi connectivity index (χ2n) is 7.81. The number of carbonyl (C=O) groups is 4. The summed E-state index contributed by atoms with van der Waals surface area (Å²) in [6, 6.07) is 24.3. The average Bonchev–Trinajstić information content (AvgIpc) is 2.89. The molecule has 8 nitrogen and oxygen atoms in total. The number of ether oxygens (including phenoxy) is 4. The first kappa shape index (κ1) is 23.7. The number of carbonyl (C=O) groups excluding carboxylic acids is 4. The van der Waals surface area contributed by atoms with Crippen LogP contribution in [0.3, 0.4) is 0 Å². The standard InChI is InChI=1S/C27H22O8/c1-17-21(33-24(28)18-11-5-2-6-12-18)22(34-25(29)19-13-7-3-8-14-19)23(27(31)32-17)35-26(30)20-15-9-4-10-16-20/h2-17,21-23H,1H3/t17?,21?,22?,23-/m0/s1. The minimum atomic E-state index is -1.65. The van der Waals surface area contributed by atoms with Crippen LogP contribution in [0.25, 0.3) is 0 Å². The third-order valence-electron chi connectivity index (χ3n) is 5.37. The van der Waals surface area contributed by atoms with Gasteiger partial charge in [0.25, 0.3) is 0 Å². The molecule has 3 aromatic rings. The van der Waals surface area contributed by atoms with Gasteiger partial charge in [-0.2, -0.15) is 0 Å². The maximum Gasteiger partial charge on any atom is 0.352 e. The van der Waals surface area contributed by atoms with E-state index in [0.717, 1.165) is 0 Å². The van der Waals surface area contributed by atoms with Gasteiger partial charge in [-0.1, -0.05) is 54.6 Å². The molecule has 0 radical (unpaired) electrons. The fourth-order valence-electron chi connectivity index (χ4n) is 3.59. The van der Waals surface area contributed by atoms with Crippen LogP contribution in [0.15, 0.2) is 91.0 Å². The van der Waals surface area contributed by atoms with E-state index < -0.39 is 48.3 Å². The largest absolute Gasteiger partial charge is 0.456 e. The lowest BCUT2D eigenvalue weighted by Crippen LogP contribution is -2.59. The van der Waals surface area contributed by atoms with E-state index in [2.05, 4.69) is 0 Å². The quantitative estimate of drug-likeness (QED) is 0.394.